The number of thioether (sulfide) groups is 1. The summed E-state index contributed by atoms with van der Waals surface area (Å²) in [7, 11) is 1.88. The number of amides is 6. The van der Waals surface area contributed by atoms with E-state index in [2.05, 4.69) is 46.9 Å². The van der Waals surface area contributed by atoms with Crippen LogP contribution in [0, 0.1) is 0 Å². The number of benzene rings is 1. The summed E-state index contributed by atoms with van der Waals surface area (Å²) < 4.78 is 0. The van der Waals surface area contributed by atoms with E-state index in [0.29, 0.717) is 18.4 Å². The van der Waals surface area contributed by atoms with Gasteiger partial charge in [-0.1, -0.05) is 51.9 Å². The smallest absolute Gasteiger partial charge is 0.326 e. The Bertz CT molecular complexity index is 1920. The Kier molecular flexibility index (Phi) is 30.0. The van der Waals surface area contributed by atoms with Gasteiger partial charge in [0, 0.05) is 50.2 Å². The molecule has 0 radical (unpaired) electrons. The number of nitrogens with one attached hydrogen (secondary N) is 6. The highest BCUT2D eigenvalue weighted by atomic mass is 33.1. The first-order valence-electron chi connectivity index (χ1n) is 21.4. The van der Waals surface area contributed by atoms with Gasteiger partial charge in [-0.2, -0.15) is 0 Å². The van der Waals surface area contributed by atoms with Crippen molar-refractivity contribution in [3.63, 3.8) is 0 Å². The highest BCUT2D eigenvalue weighted by molar-refractivity contribution is 8.76. The van der Waals surface area contributed by atoms with Crippen molar-refractivity contribution in [1.29, 1.82) is 0 Å². The van der Waals surface area contributed by atoms with Crippen molar-refractivity contribution < 1.29 is 48.6 Å². The van der Waals surface area contributed by atoms with Crippen LogP contribution < -0.4 is 77.8 Å². The summed E-state index contributed by atoms with van der Waals surface area (Å²) in [6.45, 7) is 1.72. The number of carbonyl (C=O) groups excluding carboxylic acids is 6. The third kappa shape index (κ3) is 28.0. The molecule has 0 saturated carbocycles. The minimum atomic E-state index is -1.48. The van der Waals surface area contributed by atoms with Gasteiger partial charge < -0.3 is 88.0 Å². The first-order valence-corrected chi connectivity index (χ1v) is 25.0. The fraction of sp³-hybridized carbons (Fsp3) is 0.564. The van der Waals surface area contributed by atoms with Gasteiger partial charge in [-0.05, 0) is 44.1 Å². The van der Waals surface area contributed by atoms with Crippen molar-refractivity contribution in [2.24, 2.45) is 60.8 Å². The lowest BCUT2D eigenvalue weighted by Crippen LogP contribution is -2.58. The van der Waals surface area contributed by atoms with Crippen LogP contribution in [0.25, 0.3) is 0 Å². The van der Waals surface area contributed by atoms with Gasteiger partial charge >= 0.3 is 11.9 Å². The number of carboxylic acids is 2. The summed E-state index contributed by atoms with van der Waals surface area (Å²) in [5.74, 6) is -8.36. The third-order valence-corrected chi connectivity index (χ3v) is 12.6. The third-order valence-electron chi connectivity index (χ3n) is 9.23. The molecule has 30 heteroatoms. The van der Waals surface area contributed by atoms with E-state index < -0.39 is 83.8 Å². The Labute approximate surface area is 411 Å². The largest absolute Gasteiger partial charge is 0.480 e. The molecule has 0 saturated heterocycles. The number of aliphatic imine (C=N–C) groups is 3. The van der Waals surface area contributed by atoms with Gasteiger partial charge in [0.15, 0.2) is 17.9 Å². The summed E-state index contributed by atoms with van der Waals surface area (Å²) in [6.07, 6.45) is 0.842. The fourth-order valence-electron chi connectivity index (χ4n) is 5.60. The zero-order valence-electron chi connectivity index (χ0n) is 38.2. The molecule has 0 aliphatic rings. The number of carbonyl (C=O) groups is 8. The molecule has 0 fully saturated rings. The van der Waals surface area contributed by atoms with Crippen molar-refractivity contribution in [2.75, 3.05) is 42.8 Å². The molecular weight excluding hydrogens is 963 g/mol. The molecule has 1 aromatic carbocycles. The van der Waals surface area contributed by atoms with Gasteiger partial charge in [-0.3, -0.25) is 43.7 Å². The number of nitrogens with zero attached hydrogens (tertiary/aromatic N) is 3. The summed E-state index contributed by atoms with van der Waals surface area (Å²) in [5, 5.41) is 35.1. The SMILES string of the molecule is CC(=O)NCSC[C@H](NC(=O)[C@@H](N)CCCN=C(N)N)C(=O)N[C@@H](CSSC[C@H](NC(=O)[C@@H](N)CCCN=C(N)N)C(=O)N[C@@H](CCCN=C(N)N)C(=O)O)C(=O)N[C@@H](Cc1ccccc1)C(=O)O. The van der Waals surface area contributed by atoms with Crippen LogP contribution in [0.5, 0.6) is 0 Å². The maximum absolute atomic E-state index is 14.0. The molecule has 386 valence electrons. The van der Waals surface area contributed by atoms with Crippen LogP contribution in [0.15, 0.2) is 45.3 Å². The van der Waals surface area contributed by atoms with Crippen molar-refractivity contribution in [3.8, 4) is 0 Å². The van der Waals surface area contributed by atoms with E-state index in [1.165, 1.54) is 6.92 Å². The van der Waals surface area contributed by atoms with Crippen molar-refractivity contribution in [2.45, 2.75) is 94.2 Å². The molecule has 0 aliphatic carbocycles. The average molecular weight is 1030 g/mol. The number of hydrogen-bond acceptors (Lipinski definition) is 16. The number of hydrogen-bond donors (Lipinski definition) is 16. The predicted octanol–water partition coefficient (Wildman–Crippen LogP) is -5.15. The predicted molar refractivity (Wildman–Crippen MR) is 267 cm³/mol. The number of carboxylic acid groups (broad SMARTS) is 2. The van der Waals surface area contributed by atoms with Crippen LogP contribution in [-0.2, 0) is 44.8 Å². The van der Waals surface area contributed by atoms with E-state index in [-0.39, 0.29) is 98.7 Å². The lowest BCUT2D eigenvalue weighted by molar-refractivity contribution is -0.142. The Hall–Kier alpha value is -6.24. The molecule has 0 unspecified atom stereocenters. The maximum Gasteiger partial charge on any atom is 0.326 e. The van der Waals surface area contributed by atoms with Crippen LogP contribution in [-0.4, -0.2) is 161 Å². The first kappa shape index (κ1) is 60.8. The summed E-state index contributed by atoms with van der Waals surface area (Å²) in [4.78, 5) is 116. The molecule has 24 N–H and O–H groups in total. The maximum atomic E-state index is 14.0. The molecule has 0 aliphatic heterocycles. The second kappa shape index (κ2) is 34.1. The van der Waals surface area contributed by atoms with Crippen LogP contribution in [0.3, 0.4) is 0 Å². The van der Waals surface area contributed by atoms with E-state index in [4.69, 9.17) is 45.9 Å². The molecule has 69 heavy (non-hydrogen) atoms. The molecular formula is C39H67N17O10S3. The lowest BCUT2D eigenvalue weighted by atomic mass is 10.1. The summed E-state index contributed by atoms with van der Waals surface area (Å²) in [5.41, 5.74) is 44.9. The Balaban J connectivity index is 3.45. The Morgan fingerprint density at radius 3 is 1.32 bits per heavy atom. The molecule has 0 heterocycles. The summed E-state index contributed by atoms with van der Waals surface area (Å²) >= 11 is 1.07. The molecule has 0 spiro atoms. The van der Waals surface area contributed by atoms with Crippen molar-refractivity contribution >= 4 is 98.6 Å². The normalized spacial score (nSPS) is 13.8. The second-order valence-corrected chi connectivity index (χ2v) is 18.6. The standard InChI is InChI=1S/C39H67N17O10S3/c1-21(57)51-20-67-17-27(54-30(58)23(40)10-5-13-48-37(42)43)32(60)56-29(34(62)53-26(36(65)66)16-22-8-3-2-4-9-22)19-69-68-18-28(55-31(59)24(41)11-6-14-49-38(44)45)33(61)52-25(35(63)64)12-7-15-50-39(46)47/h2-4,8-9,23-29H,5-7,10-20,40-41H2,1H3,(H,51,57)(H,52,61)(H,53,62)(H,54,58)(H,55,59)(H,56,60)(H,63,64)(H,65,66)(H4,42,43,48)(H4,44,45,49)(H4,46,47,50)/t23-,24-,25-,26-,27-,28-,29-/m0/s1. The number of nitrogens with two attached hydrogens (primary N) is 8. The van der Waals surface area contributed by atoms with Crippen LogP contribution in [0.4, 0.5) is 0 Å². The second-order valence-electron chi connectivity index (χ2n) is 15.0. The highest BCUT2D eigenvalue weighted by Crippen LogP contribution is 2.24. The molecule has 1 aromatic rings. The molecule has 6 amide bonds. The topological polar surface area (TPSA) is 494 Å². The van der Waals surface area contributed by atoms with E-state index in [9.17, 15) is 48.6 Å². The van der Waals surface area contributed by atoms with E-state index in [1.807, 2.05) is 0 Å². The average Bonchev–Trinajstić information content (AvgIpc) is 3.28. The van der Waals surface area contributed by atoms with Crippen LogP contribution in [0.2, 0.25) is 0 Å². The number of guanidine groups is 3. The minimum absolute atomic E-state index is 0.0507. The minimum Gasteiger partial charge on any atom is -0.480 e. The van der Waals surface area contributed by atoms with Gasteiger partial charge in [-0.15, -0.1) is 11.8 Å². The van der Waals surface area contributed by atoms with Gasteiger partial charge in [0.05, 0.1) is 18.0 Å². The van der Waals surface area contributed by atoms with Gasteiger partial charge in [0.25, 0.3) is 0 Å². The Morgan fingerprint density at radius 1 is 0.536 bits per heavy atom. The fourth-order valence-corrected chi connectivity index (χ4v) is 8.82. The molecule has 7 atom stereocenters. The zero-order chi connectivity index (χ0) is 51.9. The van der Waals surface area contributed by atoms with Crippen molar-refractivity contribution in [3.05, 3.63) is 35.9 Å². The zero-order valence-corrected chi connectivity index (χ0v) is 40.6. The van der Waals surface area contributed by atoms with Crippen LogP contribution in [0.1, 0.15) is 51.0 Å². The molecule has 27 nitrogen and oxygen atoms in total. The quantitative estimate of drug-likeness (QED) is 0.00994. The molecule has 1 rings (SSSR count). The number of rotatable bonds is 35. The van der Waals surface area contributed by atoms with Gasteiger partial charge in [0.2, 0.25) is 35.4 Å². The van der Waals surface area contributed by atoms with Crippen LogP contribution >= 0.6 is 33.3 Å². The number of aliphatic carboxylic acids is 2. The van der Waals surface area contributed by atoms with E-state index in [0.717, 1.165) is 33.3 Å². The Morgan fingerprint density at radius 2 is 0.913 bits per heavy atom. The van der Waals surface area contributed by atoms with E-state index >= 15 is 0 Å². The first-order chi connectivity index (χ1) is 32.6. The lowest BCUT2D eigenvalue weighted by Gasteiger charge is -2.25. The van der Waals surface area contributed by atoms with Gasteiger partial charge in [-0.25, -0.2) is 9.59 Å². The van der Waals surface area contributed by atoms with E-state index in [1.54, 1.807) is 30.3 Å². The molecule has 0 bridgehead atoms. The monoisotopic (exact) mass is 1030 g/mol. The van der Waals surface area contributed by atoms with Crippen molar-refractivity contribution in [1.82, 2.24) is 31.9 Å². The molecule has 0 aromatic heterocycles. The highest BCUT2D eigenvalue weighted by Gasteiger charge is 2.32. The summed E-state index contributed by atoms with van der Waals surface area (Å²) in [6, 6.07) is -0.863. The van der Waals surface area contributed by atoms with Gasteiger partial charge in [0.1, 0.15) is 30.2 Å².